The monoisotopic (exact) mass is 365 g/mol. The highest BCUT2D eigenvalue weighted by atomic mass is 32.2. The molecule has 25 heavy (non-hydrogen) atoms. The zero-order chi connectivity index (χ0) is 18.4. The molecule has 6 heteroatoms. The van der Waals surface area contributed by atoms with E-state index in [1.807, 2.05) is 4.90 Å². The SMILES string of the molecule is C[S@](=O)C[C@H](N)C(=O)N1CCN(CCC(C)(C)c2ccccc2)CC1. The molecule has 140 valence electrons. The van der Waals surface area contributed by atoms with Gasteiger partial charge in [-0.1, -0.05) is 44.2 Å². The van der Waals surface area contributed by atoms with Crippen molar-refractivity contribution in [2.45, 2.75) is 31.7 Å². The maximum Gasteiger partial charge on any atom is 0.240 e. The second kappa shape index (κ2) is 8.92. The summed E-state index contributed by atoms with van der Waals surface area (Å²) in [5.41, 5.74) is 7.37. The third kappa shape index (κ3) is 5.90. The fourth-order valence-corrected chi connectivity index (χ4v) is 3.87. The van der Waals surface area contributed by atoms with Gasteiger partial charge in [0.2, 0.25) is 5.91 Å². The summed E-state index contributed by atoms with van der Waals surface area (Å²) in [6.45, 7) is 8.74. The van der Waals surface area contributed by atoms with Crippen LogP contribution in [0.15, 0.2) is 30.3 Å². The van der Waals surface area contributed by atoms with Gasteiger partial charge < -0.3 is 10.6 Å². The smallest absolute Gasteiger partial charge is 0.240 e. The molecule has 0 saturated carbocycles. The molecule has 0 radical (unpaired) electrons. The molecular formula is C19H31N3O2S. The highest BCUT2D eigenvalue weighted by Gasteiger charge is 2.27. The van der Waals surface area contributed by atoms with Crippen molar-refractivity contribution in [1.29, 1.82) is 0 Å². The van der Waals surface area contributed by atoms with Crippen LogP contribution < -0.4 is 5.73 Å². The van der Waals surface area contributed by atoms with Gasteiger partial charge in [-0.15, -0.1) is 0 Å². The van der Waals surface area contributed by atoms with E-state index in [9.17, 15) is 9.00 Å². The Kier molecular flexibility index (Phi) is 7.16. The molecule has 1 aromatic rings. The Balaban J connectivity index is 1.79. The number of carbonyl (C=O) groups excluding carboxylic acids is 1. The maximum absolute atomic E-state index is 12.3. The number of piperazine rings is 1. The van der Waals surface area contributed by atoms with Crippen LogP contribution in [0.2, 0.25) is 0 Å². The number of amides is 1. The minimum atomic E-state index is -1.04. The fourth-order valence-electron chi connectivity index (χ4n) is 3.22. The van der Waals surface area contributed by atoms with Gasteiger partial charge in [-0.05, 0) is 23.9 Å². The van der Waals surface area contributed by atoms with E-state index in [1.54, 1.807) is 6.26 Å². The summed E-state index contributed by atoms with van der Waals surface area (Å²) in [4.78, 5) is 16.5. The summed E-state index contributed by atoms with van der Waals surface area (Å²) in [6, 6.07) is 9.97. The first kappa shape index (κ1) is 20.1. The Morgan fingerprint density at radius 3 is 2.36 bits per heavy atom. The minimum absolute atomic E-state index is 0.0699. The van der Waals surface area contributed by atoms with Crippen molar-refractivity contribution >= 4 is 16.7 Å². The van der Waals surface area contributed by atoms with E-state index >= 15 is 0 Å². The minimum Gasteiger partial charge on any atom is -0.339 e. The van der Waals surface area contributed by atoms with Gasteiger partial charge in [-0.3, -0.25) is 13.9 Å². The number of benzene rings is 1. The molecule has 0 bridgehead atoms. The van der Waals surface area contributed by atoms with Gasteiger partial charge in [-0.2, -0.15) is 0 Å². The van der Waals surface area contributed by atoms with Crippen LogP contribution >= 0.6 is 0 Å². The Morgan fingerprint density at radius 1 is 1.20 bits per heavy atom. The number of nitrogens with two attached hydrogens (primary N) is 1. The maximum atomic E-state index is 12.3. The van der Waals surface area contributed by atoms with Crippen LogP contribution in [0.1, 0.15) is 25.8 Å². The number of hydrogen-bond acceptors (Lipinski definition) is 4. The van der Waals surface area contributed by atoms with Crippen LogP contribution in [0.25, 0.3) is 0 Å². The molecule has 0 aromatic heterocycles. The van der Waals surface area contributed by atoms with E-state index in [1.165, 1.54) is 5.56 Å². The lowest BCUT2D eigenvalue weighted by molar-refractivity contribution is -0.133. The molecule has 1 saturated heterocycles. The summed E-state index contributed by atoms with van der Waals surface area (Å²) < 4.78 is 11.2. The van der Waals surface area contributed by atoms with E-state index < -0.39 is 16.8 Å². The summed E-state index contributed by atoms with van der Waals surface area (Å²) in [6.07, 6.45) is 2.67. The molecule has 1 aliphatic heterocycles. The van der Waals surface area contributed by atoms with Gasteiger partial charge in [0, 0.05) is 49.0 Å². The highest BCUT2D eigenvalue weighted by Crippen LogP contribution is 2.27. The van der Waals surface area contributed by atoms with Gasteiger partial charge in [0.1, 0.15) is 0 Å². The lowest BCUT2D eigenvalue weighted by atomic mass is 9.81. The van der Waals surface area contributed by atoms with Crippen molar-refractivity contribution in [3.8, 4) is 0 Å². The Bertz CT molecular complexity index is 584. The quantitative estimate of drug-likeness (QED) is 0.789. The van der Waals surface area contributed by atoms with E-state index in [0.717, 1.165) is 26.1 Å². The number of rotatable bonds is 7. The number of hydrogen-bond donors (Lipinski definition) is 1. The molecule has 1 aromatic carbocycles. The van der Waals surface area contributed by atoms with Crippen molar-refractivity contribution in [2.24, 2.45) is 5.73 Å². The molecular weight excluding hydrogens is 334 g/mol. The second-order valence-corrected chi connectivity index (χ2v) is 8.99. The zero-order valence-electron chi connectivity index (χ0n) is 15.6. The van der Waals surface area contributed by atoms with Crippen molar-refractivity contribution in [3.05, 3.63) is 35.9 Å². The average molecular weight is 366 g/mol. The lowest BCUT2D eigenvalue weighted by Gasteiger charge is -2.37. The van der Waals surface area contributed by atoms with E-state index in [-0.39, 0.29) is 17.1 Å². The normalized spacial score (nSPS) is 18.8. The third-order valence-corrected chi connectivity index (χ3v) is 5.85. The number of nitrogens with zero attached hydrogens (tertiary/aromatic N) is 2. The Labute approximate surface area is 154 Å². The second-order valence-electron chi connectivity index (χ2n) is 7.51. The van der Waals surface area contributed by atoms with Crippen molar-refractivity contribution < 1.29 is 9.00 Å². The summed E-state index contributed by atoms with van der Waals surface area (Å²) in [5.74, 6) is 0.170. The molecule has 2 atom stereocenters. The van der Waals surface area contributed by atoms with Gasteiger partial charge in [0.15, 0.2) is 0 Å². The average Bonchev–Trinajstić information content (AvgIpc) is 2.60. The molecule has 5 nitrogen and oxygen atoms in total. The van der Waals surface area contributed by atoms with Gasteiger partial charge in [0.05, 0.1) is 6.04 Å². The molecule has 0 unspecified atom stereocenters. The molecule has 2 rings (SSSR count). The third-order valence-electron chi connectivity index (χ3n) is 5.02. The summed E-state index contributed by atoms with van der Waals surface area (Å²) >= 11 is 0. The zero-order valence-corrected chi connectivity index (χ0v) is 16.4. The highest BCUT2D eigenvalue weighted by molar-refractivity contribution is 7.84. The van der Waals surface area contributed by atoms with E-state index in [2.05, 4.69) is 49.1 Å². The van der Waals surface area contributed by atoms with Gasteiger partial charge in [0.25, 0.3) is 0 Å². The molecule has 1 amide bonds. The first-order valence-corrected chi connectivity index (χ1v) is 10.6. The molecule has 2 N–H and O–H groups in total. The standard InChI is InChI=1S/C19H31N3O2S/c1-19(2,16-7-5-4-6-8-16)9-10-21-11-13-22(14-12-21)18(23)17(20)15-25(3)24/h4-8,17H,9-15,20H2,1-3H3/t17-,25-/m0/s1. The predicted octanol–water partition coefficient (Wildman–Crippen LogP) is 1.20. The topological polar surface area (TPSA) is 66.6 Å². The first-order valence-electron chi connectivity index (χ1n) is 8.92. The van der Waals surface area contributed by atoms with Gasteiger partial charge in [-0.25, -0.2) is 0 Å². The molecule has 1 fully saturated rings. The lowest BCUT2D eigenvalue weighted by Crippen LogP contribution is -2.54. The largest absolute Gasteiger partial charge is 0.339 e. The van der Waals surface area contributed by atoms with Crippen LogP contribution in [-0.4, -0.2) is 70.7 Å². The first-order chi connectivity index (χ1) is 11.8. The van der Waals surface area contributed by atoms with Crippen LogP contribution in [-0.2, 0) is 21.0 Å². The molecule has 0 aliphatic carbocycles. The molecule has 1 heterocycles. The number of carbonyl (C=O) groups is 1. The van der Waals surface area contributed by atoms with Crippen LogP contribution in [0.5, 0.6) is 0 Å². The van der Waals surface area contributed by atoms with Gasteiger partial charge >= 0.3 is 0 Å². The van der Waals surface area contributed by atoms with Crippen molar-refractivity contribution in [3.63, 3.8) is 0 Å². The van der Waals surface area contributed by atoms with Crippen molar-refractivity contribution in [1.82, 2.24) is 9.80 Å². The molecule has 0 spiro atoms. The Morgan fingerprint density at radius 2 is 1.80 bits per heavy atom. The molecule has 1 aliphatic rings. The van der Waals surface area contributed by atoms with E-state index in [4.69, 9.17) is 5.73 Å². The summed E-state index contributed by atoms with van der Waals surface area (Å²) in [7, 11) is -1.04. The fraction of sp³-hybridized carbons (Fsp3) is 0.632. The van der Waals surface area contributed by atoms with Crippen LogP contribution in [0.4, 0.5) is 0 Å². The van der Waals surface area contributed by atoms with Crippen molar-refractivity contribution in [2.75, 3.05) is 44.7 Å². The predicted molar refractivity (Wildman–Crippen MR) is 104 cm³/mol. The van der Waals surface area contributed by atoms with Crippen LogP contribution in [0.3, 0.4) is 0 Å². The Hall–Kier alpha value is -1.24. The summed E-state index contributed by atoms with van der Waals surface area (Å²) in [5, 5.41) is 0. The van der Waals surface area contributed by atoms with Crippen LogP contribution in [0, 0.1) is 0 Å². The van der Waals surface area contributed by atoms with E-state index in [0.29, 0.717) is 13.1 Å².